The minimum Gasteiger partial charge on any atom is -0.390 e. The second-order valence-electron chi connectivity index (χ2n) is 16.0. The van der Waals surface area contributed by atoms with Crippen LogP contribution in [0, 0.1) is 51.8 Å². The first-order chi connectivity index (χ1) is 17.0. The van der Waals surface area contributed by atoms with Crippen LogP contribution in [0.25, 0.3) is 0 Å². The lowest BCUT2D eigenvalue weighted by atomic mass is 9.43. The third kappa shape index (κ3) is 4.72. The first-order valence-corrected chi connectivity index (χ1v) is 15.5. The van der Waals surface area contributed by atoms with Gasteiger partial charge in [-0.25, -0.2) is 0 Å². The van der Waals surface area contributed by atoms with Gasteiger partial charge in [-0.1, -0.05) is 34.6 Å². The summed E-state index contributed by atoms with van der Waals surface area (Å²) in [5, 5.41) is 21.8. The second kappa shape index (κ2) is 9.11. The van der Waals surface area contributed by atoms with Gasteiger partial charge in [0.15, 0.2) is 5.60 Å². The van der Waals surface area contributed by atoms with Crippen molar-refractivity contribution in [3.8, 4) is 0 Å². The van der Waals surface area contributed by atoms with Crippen molar-refractivity contribution in [2.75, 3.05) is 0 Å². The minimum absolute atomic E-state index is 0.0178. The molecule has 5 aliphatic carbocycles. The Morgan fingerprint density at radius 2 is 1.41 bits per heavy atom. The van der Waals surface area contributed by atoms with Crippen LogP contribution in [0.2, 0.25) is 0 Å². The third-order valence-electron chi connectivity index (χ3n) is 13.6. The first kappa shape index (κ1) is 28.2. The summed E-state index contributed by atoms with van der Waals surface area (Å²) in [4.78, 5) is 0. The molecule has 0 aromatic carbocycles. The normalized spacial score (nSPS) is 48.0. The zero-order valence-corrected chi connectivity index (χ0v) is 24.1. The number of aliphatic hydroxyl groups is 2. The molecule has 0 heterocycles. The predicted molar refractivity (Wildman–Crippen MR) is 142 cm³/mol. The van der Waals surface area contributed by atoms with Gasteiger partial charge in [-0.3, -0.25) is 0 Å². The van der Waals surface area contributed by atoms with E-state index < -0.39 is 17.4 Å². The standard InChI is InChI=1S/C32H53F3O2/c1-21(10-13-30(36)17-14-27(2,3)15-18-30)24-8-9-25-23-7-6-22-20-31(37,32(33,34)35)19-16-28(22,4)26(23)11-12-29(24,25)5/h21-26,36-37H,6-20H2,1-5H3/t21-,22+,23+,24-,25+,26+,28+,29-,31+/m1/s1. The number of hydrogen-bond acceptors (Lipinski definition) is 2. The van der Waals surface area contributed by atoms with Crippen LogP contribution in [0.5, 0.6) is 0 Å². The quantitative estimate of drug-likeness (QED) is 0.385. The van der Waals surface area contributed by atoms with Gasteiger partial charge in [-0.05, 0) is 148 Å². The average molecular weight is 527 g/mol. The van der Waals surface area contributed by atoms with Crippen LogP contribution in [0.1, 0.15) is 131 Å². The molecule has 2 N–H and O–H groups in total. The summed E-state index contributed by atoms with van der Waals surface area (Å²) in [6, 6.07) is 0. The Labute approximate surface area is 223 Å². The highest BCUT2D eigenvalue weighted by Gasteiger charge is 2.65. The average Bonchev–Trinajstić information content (AvgIpc) is 3.17. The molecule has 0 unspecified atom stereocenters. The summed E-state index contributed by atoms with van der Waals surface area (Å²) in [5.74, 6) is 3.08. The number of halogens is 3. The Bertz CT molecular complexity index is 843. The van der Waals surface area contributed by atoms with Gasteiger partial charge in [-0.15, -0.1) is 0 Å². The zero-order valence-electron chi connectivity index (χ0n) is 24.1. The van der Waals surface area contributed by atoms with Crippen molar-refractivity contribution in [1.82, 2.24) is 0 Å². The van der Waals surface area contributed by atoms with Crippen LogP contribution in [0.15, 0.2) is 0 Å². The van der Waals surface area contributed by atoms with Crippen molar-refractivity contribution in [3.05, 3.63) is 0 Å². The van der Waals surface area contributed by atoms with Crippen molar-refractivity contribution in [1.29, 1.82) is 0 Å². The van der Waals surface area contributed by atoms with Crippen LogP contribution in [-0.4, -0.2) is 27.6 Å². The van der Waals surface area contributed by atoms with Crippen molar-refractivity contribution >= 4 is 0 Å². The second-order valence-corrected chi connectivity index (χ2v) is 16.0. The molecule has 0 aromatic heterocycles. The number of rotatable bonds is 4. The molecule has 0 aromatic rings. The molecule has 5 fully saturated rings. The molecule has 0 radical (unpaired) electrons. The smallest absolute Gasteiger partial charge is 0.390 e. The van der Waals surface area contributed by atoms with Gasteiger partial charge in [0.1, 0.15) is 0 Å². The number of alkyl halides is 3. The Hall–Kier alpha value is -0.290. The van der Waals surface area contributed by atoms with E-state index in [0.29, 0.717) is 46.8 Å². The molecule has 214 valence electrons. The van der Waals surface area contributed by atoms with Crippen LogP contribution in [-0.2, 0) is 0 Å². The van der Waals surface area contributed by atoms with E-state index in [-0.39, 0.29) is 24.2 Å². The van der Waals surface area contributed by atoms with Gasteiger partial charge in [0.05, 0.1) is 5.60 Å². The highest BCUT2D eigenvalue weighted by molar-refractivity contribution is 5.11. The zero-order chi connectivity index (χ0) is 27.1. The molecule has 2 nitrogen and oxygen atoms in total. The number of fused-ring (bicyclic) bond motifs is 5. The molecule has 0 aliphatic heterocycles. The van der Waals surface area contributed by atoms with Crippen molar-refractivity contribution in [2.24, 2.45) is 51.8 Å². The van der Waals surface area contributed by atoms with Gasteiger partial charge in [0.2, 0.25) is 0 Å². The predicted octanol–water partition coefficient (Wildman–Crippen LogP) is 8.69. The first-order valence-electron chi connectivity index (χ1n) is 15.5. The molecular formula is C32H53F3O2. The van der Waals surface area contributed by atoms with Gasteiger partial charge in [0.25, 0.3) is 0 Å². The summed E-state index contributed by atoms with van der Waals surface area (Å²) < 4.78 is 41.0. The fourth-order valence-corrected chi connectivity index (χ4v) is 10.8. The molecule has 0 bridgehead atoms. The summed E-state index contributed by atoms with van der Waals surface area (Å²) in [5.41, 5.74) is -2.35. The third-order valence-corrected chi connectivity index (χ3v) is 13.6. The van der Waals surface area contributed by atoms with Gasteiger partial charge in [0, 0.05) is 0 Å². The highest BCUT2D eigenvalue weighted by Crippen LogP contribution is 2.69. The largest absolute Gasteiger partial charge is 0.417 e. The SMILES string of the molecule is C[C@H](CCC1(O)CCC(C)(C)CC1)[C@H]1CC[C@H]2[C@@H]3CC[C@H]4C[C@](O)(C(F)(F)F)CC[C@]4(C)[C@H]3CC[C@]12C. The van der Waals surface area contributed by atoms with Crippen LogP contribution in [0.3, 0.4) is 0 Å². The maximum absolute atomic E-state index is 13.7. The van der Waals surface area contributed by atoms with E-state index in [4.69, 9.17) is 0 Å². The minimum atomic E-state index is -4.52. The van der Waals surface area contributed by atoms with Gasteiger partial charge in [-0.2, -0.15) is 13.2 Å². The molecule has 37 heavy (non-hydrogen) atoms. The van der Waals surface area contributed by atoms with E-state index in [1.807, 2.05) is 0 Å². The molecule has 9 atom stereocenters. The summed E-state index contributed by atoms with van der Waals surface area (Å²) in [7, 11) is 0. The maximum Gasteiger partial charge on any atom is 0.417 e. The van der Waals surface area contributed by atoms with E-state index >= 15 is 0 Å². The molecule has 0 saturated heterocycles. The Morgan fingerprint density at radius 1 is 0.757 bits per heavy atom. The maximum atomic E-state index is 13.7. The summed E-state index contributed by atoms with van der Waals surface area (Å²) in [6.45, 7) is 11.9. The van der Waals surface area contributed by atoms with Crippen molar-refractivity contribution in [2.45, 2.75) is 148 Å². The summed E-state index contributed by atoms with van der Waals surface area (Å²) in [6.07, 6.45) is 8.62. The van der Waals surface area contributed by atoms with Crippen molar-refractivity contribution < 1.29 is 23.4 Å². The molecule has 5 aliphatic rings. The van der Waals surface area contributed by atoms with E-state index in [1.54, 1.807) is 0 Å². The van der Waals surface area contributed by atoms with Crippen LogP contribution >= 0.6 is 0 Å². The fraction of sp³-hybridized carbons (Fsp3) is 1.00. The lowest BCUT2D eigenvalue weighted by molar-refractivity contribution is -0.290. The molecule has 0 spiro atoms. The molecule has 0 amide bonds. The van der Waals surface area contributed by atoms with E-state index in [9.17, 15) is 23.4 Å². The molecular weight excluding hydrogens is 473 g/mol. The Kier molecular flexibility index (Phi) is 6.96. The van der Waals surface area contributed by atoms with E-state index in [2.05, 4.69) is 34.6 Å². The Morgan fingerprint density at radius 3 is 2.05 bits per heavy atom. The fourth-order valence-electron chi connectivity index (χ4n) is 10.8. The monoisotopic (exact) mass is 526 g/mol. The topological polar surface area (TPSA) is 40.5 Å². The molecule has 5 saturated carbocycles. The summed E-state index contributed by atoms with van der Waals surface area (Å²) >= 11 is 0. The van der Waals surface area contributed by atoms with E-state index in [1.165, 1.54) is 19.3 Å². The van der Waals surface area contributed by atoms with E-state index in [0.717, 1.165) is 57.8 Å². The molecule has 5 rings (SSSR count). The molecule has 5 heteroatoms. The van der Waals surface area contributed by atoms with Crippen molar-refractivity contribution in [3.63, 3.8) is 0 Å². The lowest BCUT2D eigenvalue weighted by Gasteiger charge is -2.62. The van der Waals surface area contributed by atoms with Gasteiger partial charge < -0.3 is 10.2 Å². The highest BCUT2D eigenvalue weighted by atomic mass is 19.4. The van der Waals surface area contributed by atoms with Crippen LogP contribution in [0.4, 0.5) is 13.2 Å². The van der Waals surface area contributed by atoms with Crippen LogP contribution < -0.4 is 0 Å². The number of hydrogen-bond donors (Lipinski definition) is 2. The lowest BCUT2D eigenvalue weighted by Crippen LogP contribution is -2.59. The van der Waals surface area contributed by atoms with Gasteiger partial charge >= 0.3 is 6.18 Å². The Balaban J connectivity index is 1.24.